The van der Waals surface area contributed by atoms with E-state index in [9.17, 15) is 20.4 Å². The number of aliphatic hydroxyl groups is 12. The summed E-state index contributed by atoms with van der Waals surface area (Å²) in [6, 6.07) is 0. The molecule has 0 heterocycles. The van der Waals surface area contributed by atoms with E-state index in [2.05, 4.69) is 63.7 Å². The lowest BCUT2D eigenvalue weighted by atomic mass is 10.0. The fraction of sp³-hybridized carbons (Fsp3) is 1.00. The number of alkyl halides is 4. The molecule has 0 bridgehead atoms. The van der Waals surface area contributed by atoms with Crippen molar-refractivity contribution >= 4 is 63.7 Å². The van der Waals surface area contributed by atoms with Crippen LogP contribution in [-0.4, -0.2) is 130 Å². The molecular weight excluding hydrogens is 656 g/mol. The van der Waals surface area contributed by atoms with Gasteiger partial charge in [0.2, 0.25) is 6.84 Å². The molecule has 16 heteroatoms. The maximum absolute atomic E-state index is 9.23. The molecule has 0 saturated heterocycles. The Morgan fingerprint density at radius 2 is 0.714 bits per heavy atom. The molecule has 0 amide bonds. The molecule has 0 aliphatic heterocycles. The van der Waals surface area contributed by atoms with Crippen molar-refractivity contribution in [3.05, 3.63) is 0 Å². The quantitative estimate of drug-likeness (QED) is 0.0983. The molecule has 12 N–H and O–H groups in total. The Hall–Kier alpha value is 1.44. The molecule has 172 valence electrons. The third kappa shape index (κ3) is 11.2. The Bertz CT molecular complexity index is 382. The summed E-state index contributed by atoms with van der Waals surface area (Å²) in [4.78, 5) is 0. The summed E-state index contributed by atoms with van der Waals surface area (Å²) in [6.45, 7) is -1.54. The van der Waals surface area contributed by atoms with E-state index in [4.69, 9.17) is 40.9 Å². The van der Waals surface area contributed by atoms with Gasteiger partial charge in [-0.2, -0.15) is 0 Å². The minimum absolute atomic E-state index is 0.770. The normalized spacial score (nSPS) is 21.4. The van der Waals surface area contributed by atoms with E-state index < -0.39 is 68.9 Å². The Labute approximate surface area is 193 Å². The van der Waals surface area contributed by atoms with E-state index in [1.807, 2.05) is 0 Å². The van der Waals surface area contributed by atoms with Crippen LogP contribution in [0.2, 0.25) is 0 Å². The predicted octanol–water partition coefficient (Wildman–Crippen LogP) is -4.28. The van der Waals surface area contributed by atoms with Gasteiger partial charge in [-0.25, -0.2) is 0 Å². The maximum atomic E-state index is 9.23. The van der Waals surface area contributed by atoms with Gasteiger partial charge in [-0.15, -0.1) is 0 Å². The van der Waals surface area contributed by atoms with Gasteiger partial charge in [0.1, 0.15) is 48.8 Å². The Morgan fingerprint density at radius 1 is 0.500 bits per heavy atom. The molecule has 0 rings (SSSR count). The van der Waals surface area contributed by atoms with E-state index in [1.165, 1.54) is 0 Å². The largest absolute Gasteiger partial charge is 0.394 e. The molecular formula is C12H24Br4O12. The van der Waals surface area contributed by atoms with Gasteiger partial charge in [0.15, 0.2) is 0 Å². The van der Waals surface area contributed by atoms with Crippen molar-refractivity contribution in [3.63, 3.8) is 0 Å². The molecule has 12 nitrogen and oxygen atoms in total. The van der Waals surface area contributed by atoms with E-state index in [0.717, 1.165) is 0 Å². The summed E-state index contributed by atoms with van der Waals surface area (Å²) >= 11 is 10.4. The van der Waals surface area contributed by atoms with Crippen LogP contribution >= 0.6 is 63.7 Å². The second-order valence-corrected chi connectivity index (χ2v) is 12.5. The maximum Gasteiger partial charge on any atom is 0.203 e. The van der Waals surface area contributed by atoms with Crippen LogP contribution in [-0.2, 0) is 0 Å². The minimum atomic E-state index is -1.98. The Morgan fingerprint density at radius 3 is 0.857 bits per heavy atom. The summed E-state index contributed by atoms with van der Waals surface area (Å²) < 4.78 is -3.95. The Balaban J connectivity index is 0. The summed E-state index contributed by atoms with van der Waals surface area (Å²) in [7, 11) is 0. The lowest BCUT2D eigenvalue weighted by Gasteiger charge is -2.30. The molecule has 0 saturated carbocycles. The lowest BCUT2D eigenvalue weighted by Crippen LogP contribution is -2.51. The fourth-order valence-electron chi connectivity index (χ4n) is 1.46. The van der Waals surface area contributed by atoms with Crippen molar-refractivity contribution in [1.82, 2.24) is 0 Å². The summed E-state index contributed by atoms with van der Waals surface area (Å²) in [5, 5.41) is 108. The highest BCUT2D eigenvalue weighted by atomic mass is 79.9. The van der Waals surface area contributed by atoms with Gasteiger partial charge in [-0.3, -0.25) is 0 Å². The monoisotopic (exact) mass is 676 g/mol. The molecule has 0 aliphatic rings. The van der Waals surface area contributed by atoms with Gasteiger partial charge in [0.25, 0.3) is 0 Å². The van der Waals surface area contributed by atoms with Crippen molar-refractivity contribution in [2.45, 2.75) is 55.7 Å². The van der Waals surface area contributed by atoms with Gasteiger partial charge in [-0.05, 0) is 63.7 Å². The van der Waals surface area contributed by atoms with Gasteiger partial charge in [0.05, 0.1) is 13.2 Å². The van der Waals surface area contributed by atoms with Gasteiger partial charge in [-0.1, -0.05) is 0 Å². The van der Waals surface area contributed by atoms with Gasteiger partial charge in [0, 0.05) is 0 Å². The van der Waals surface area contributed by atoms with Crippen LogP contribution in [0.3, 0.4) is 0 Å². The first-order valence-electron chi connectivity index (χ1n) is 7.30. The van der Waals surface area contributed by atoms with Crippen molar-refractivity contribution in [2.75, 3.05) is 13.2 Å². The SMILES string of the molecule is OC[C@H](O)[C@@H](O)[C@H](O)[C@@H](O)C(O)(Br)Br.OC[C@H](O)[C@@H](O)[C@H](O)[C@@H](O)C(O)(Br)Br. The molecule has 0 aliphatic carbocycles. The Kier molecular flexibility index (Phi) is 15.5. The van der Waals surface area contributed by atoms with Crippen molar-refractivity contribution in [3.8, 4) is 0 Å². The number of hydrogen-bond acceptors (Lipinski definition) is 12. The molecule has 0 spiro atoms. The second kappa shape index (κ2) is 13.8. The fourth-order valence-corrected chi connectivity index (χ4v) is 2.54. The average Bonchev–Trinajstić information content (AvgIpc) is 2.61. The zero-order valence-electron chi connectivity index (χ0n) is 13.9. The van der Waals surface area contributed by atoms with E-state index in [0.29, 0.717) is 0 Å². The van der Waals surface area contributed by atoms with Crippen LogP contribution in [0.4, 0.5) is 0 Å². The first kappa shape index (κ1) is 31.6. The van der Waals surface area contributed by atoms with Crippen LogP contribution < -0.4 is 0 Å². The third-order valence-electron chi connectivity index (χ3n) is 3.22. The zero-order chi connectivity index (χ0) is 23.0. The number of aliphatic hydroxyl groups excluding tert-OH is 10. The molecule has 0 fully saturated rings. The summed E-state index contributed by atoms with van der Waals surface area (Å²) in [6.07, 6.45) is -13.9. The third-order valence-corrected chi connectivity index (χ3v) is 5.10. The van der Waals surface area contributed by atoms with E-state index in [1.54, 1.807) is 0 Å². The van der Waals surface area contributed by atoms with Crippen molar-refractivity contribution < 1.29 is 61.3 Å². The molecule has 0 unspecified atom stereocenters. The molecule has 0 radical (unpaired) electrons. The number of rotatable bonds is 10. The molecule has 8 atom stereocenters. The smallest absolute Gasteiger partial charge is 0.203 e. The van der Waals surface area contributed by atoms with Gasteiger partial charge >= 0.3 is 0 Å². The first-order chi connectivity index (χ1) is 12.4. The van der Waals surface area contributed by atoms with Crippen LogP contribution in [0.25, 0.3) is 0 Å². The molecule has 0 aromatic rings. The summed E-state index contributed by atoms with van der Waals surface area (Å²) in [5.74, 6) is 0. The molecule has 0 aromatic heterocycles. The van der Waals surface area contributed by atoms with E-state index in [-0.39, 0.29) is 0 Å². The number of hydrogen-bond donors (Lipinski definition) is 12. The average molecular weight is 680 g/mol. The van der Waals surface area contributed by atoms with Crippen molar-refractivity contribution in [1.29, 1.82) is 0 Å². The molecule has 28 heavy (non-hydrogen) atoms. The highest BCUT2D eigenvalue weighted by Gasteiger charge is 2.41. The lowest BCUT2D eigenvalue weighted by molar-refractivity contribution is -0.130. The highest BCUT2D eigenvalue weighted by Crippen LogP contribution is 2.30. The molecule has 0 aromatic carbocycles. The van der Waals surface area contributed by atoms with Crippen LogP contribution in [0.15, 0.2) is 0 Å². The van der Waals surface area contributed by atoms with Crippen LogP contribution in [0, 0.1) is 0 Å². The standard InChI is InChI=1S/2C6H12Br2O6/c2*7-6(8,14)5(13)4(12)3(11)2(10)1-9/h2*2-5,9-14H,1H2/t2*2-,3+,4-,5+/m00/s1. The summed E-state index contributed by atoms with van der Waals surface area (Å²) in [5.41, 5.74) is 0. The van der Waals surface area contributed by atoms with Crippen LogP contribution in [0.1, 0.15) is 0 Å². The minimum Gasteiger partial charge on any atom is -0.394 e. The highest BCUT2D eigenvalue weighted by molar-refractivity contribution is 9.25. The second-order valence-electron chi connectivity index (χ2n) is 5.53. The van der Waals surface area contributed by atoms with Gasteiger partial charge < -0.3 is 61.3 Å². The number of halogens is 4. The van der Waals surface area contributed by atoms with Crippen LogP contribution in [0.5, 0.6) is 0 Å². The zero-order valence-corrected chi connectivity index (χ0v) is 20.3. The van der Waals surface area contributed by atoms with Crippen molar-refractivity contribution in [2.24, 2.45) is 0 Å². The topological polar surface area (TPSA) is 243 Å². The predicted molar refractivity (Wildman–Crippen MR) is 108 cm³/mol. The first-order valence-corrected chi connectivity index (χ1v) is 10.5. The van der Waals surface area contributed by atoms with E-state index >= 15 is 0 Å².